The van der Waals surface area contributed by atoms with Crippen molar-refractivity contribution in [3.05, 3.63) is 0 Å². The van der Waals surface area contributed by atoms with Crippen molar-refractivity contribution in [1.29, 1.82) is 0 Å². The molecule has 1 aliphatic heterocycles. The molecular formula is C7H12N2O3. The minimum absolute atomic E-state index is 0.435. The predicted octanol–water partition coefficient (Wildman–Crippen LogP) is -0.0330. The summed E-state index contributed by atoms with van der Waals surface area (Å²) in [6.07, 6.45) is -0.850. The van der Waals surface area contributed by atoms with Crippen LogP contribution in [0.3, 0.4) is 0 Å². The van der Waals surface area contributed by atoms with Crippen molar-refractivity contribution in [2.75, 3.05) is 0 Å². The molecule has 1 atom stereocenters. The Hall–Kier alpha value is -1.10. The monoisotopic (exact) mass is 172 g/mol. The fourth-order valence-corrected chi connectivity index (χ4v) is 0.835. The maximum atomic E-state index is 10.9. The molecule has 5 nitrogen and oxygen atoms in total. The van der Waals surface area contributed by atoms with Crippen LogP contribution in [-0.2, 0) is 9.53 Å². The molecule has 1 heterocycles. The molecule has 5 heteroatoms. The van der Waals surface area contributed by atoms with Gasteiger partial charge in [-0.15, -0.1) is 0 Å². The first-order valence-electron chi connectivity index (χ1n) is 3.68. The first-order chi connectivity index (χ1) is 5.38. The molecule has 1 rings (SSSR count). The van der Waals surface area contributed by atoms with Gasteiger partial charge in [0.05, 0.1) is 5.60 Å². The lowest BCUT2D eigenvalue weighted by Gasteiger charge is -2.22. The summed E-state index contributed by atoms with van der Waals surface area (Å²) in [5.41, 5.74) is -0.445. The molecule has 1 aliphatic rings. The Morgan fingerprint density at radius 3 is 2.25 bits per heavy atom. The molecule has 1 fully saturated rings. The number of amides is 3. The van der Waals surface area contributed by atoms with Gasteiger partial charge in [0.25, 0.3) is 5.91 Å². The van der Waals surface area contributed by atoms with Crippen LogP contribution in [0.4, 0.5) is 4.79 Å². The number of hydrogen-bond donors (Lipinski definition) is 2. The summed E-state index contributed by atoms with van der Waals surface area (Å²) < 4.78 is 5.24. The van der Waals surface area contributed by atoms with E-state index in [1.54, 1.807) is 0 Å². The highest BCUT2D eigenvalue weighted by Gasteiger charge is 2.33. The standard InChI is InChI=1S/C7H12N2O3/c1-7(2,3)12-5-4(10)8-6(11)9-5/h5H,1-3H3,(H2,8,9,10,11). The van der Waals surface area contributed by atoms with E-state index in [1.165, 1.54) is 0 Å². The number of rotatable bonds is 1. The number of nitrogens with one attached hydrogen (secondary N) is 2. The number of imide groups is 1. The number of carbonyl (C=O) groups is 2. The van der Waals surface area contributed by atoms with Crippen molar-refractivity contribution in [1.82, 2.24) is 10.6 Å². The van der Waals surface area contributed by atoms with Crippen molar-refractivity contribution < 1.29 is 14.3 Å². The van der Waals surface area contributed by atoms with Gasteiger partial charge in [0.1, 0.15) is 0 Å². The first-order valence-corrected chi connectivity index (χ1v) is 3.68. The summed E-state index contributed by atoms with van der Waals surface area (Å²) in [6, 6.07) is -0.505. The van der Waals surface area contributed by atoms with E-state index in [4.69, 9.17) is 4.74 Å². The predicted molar refractivity (Wildman–Crippen MR) is 41.3 cm³/mol. The highest BCUT2D eigenvalue weighted by Crippen LogP contribution is 2.10. The normalized spacial score (nSPS) is 23.8. The zero-order valence-electron chi connectivity index (χ0n) is 7.30. The molecule has 1 saturated heterocycles. The van der Waals surface area contributed by atoms with Crippen LogP contribution in [0.25, 0.3) is 0 Å². The molecule has 0 aliphatic carbocycles. The van der Waals surface area contributed by atoms with Gasteiger partial charge in [-0.05, 0) is 20.8 Å². The maximum Gasteiger partial charge on any atom is 0.323 e. The van der Waals surface area contributed by atoms with Crippen molar-refractivity contribution >= 4 is 11.9 Å². The van der Waals surface area contributed by atoms with Gasteiger partial charge in [-0.2, -0.15) is 0 Å². The molecule has 0 aromatic heterocycles. The van der Waals surface area contributed by atoms with Gasteiger partial charge in [0, 0.05) is 0 Å². The van der Waals surface area contributed by atoms with Crippen LogP contribution in [-0.4, -0.2) is 23.8 Å². The summed E-state index contributed by atoms with van der Waals surface area (Å²) in [6.45, 7) is 5.43. The summed E-state index contributed by atoms with van der Waals surface area (Å²) in [5.74, 6) is -0.435. The second kappa shape index (κ2) is 2.75. The van der Waals surface area contributed by atoms with E-state index in [9.17, 15) is 9.59 Å². The lowest BCUT2D eigenvalue weighted by atomic mass is 10.2. The fraction of sp³-hybridized carbons (Fsp3) is 0.714. The third-order valence-corrected chi connectivity index (χ3v) is 1.21. The molecule has 0 radical (unpaired) electrons. The van der Waals surface area contributed by atoms with Crippen LogP contribution in [0.2, 0.25) is 0 Å². The number of carbonyl (C=O) groups excluding carboxylic acids is 2. The van der Waals surface area contributed by atoms with Crippen molar-refractivity contribution in [2.45, 2.75) is 32.6 Å². The Labute approximate surface area is 70.5 Å². The van der Waals surface area contributed by atoms with Crippen molar-refractivity contribution in [3.63, 3.8) is 0 Å². The second-order valence-electron chi connectivity index (χ2n) is 3.57. The molecule has 0 aromatic carbocycles. The van der Waals surface area contributed by atoms with Gasteiger partial charge < -0.3 is 10.1 Å². The van der Waals surface area contributed by atoms with E-state index in [0.29, 0.717) is 0 Å². The van der Waals surface area contributed by atoms with Crippen LogP contribution in [0, 0.1) is 0 Å². The zero-order valence-corrected chi connectivity index (χ0v) is 7.30. The van der Waals surface area contributed by atoms with Gasteiger partial charge in [-0.1, -0.05) is 0 Å². The summed E-state index contributed by atoms with van der Waals surface area (Å²) >= 11 is 0. The summed E-state index contributed by atoms with van der Waals surface area (Å²) in [4.78, 5) is 21.6. The molecule has 0 saturated carbocycles. The summed E-state index contributed by atoms with van der Waals surface area (Å²) in [5, 5.41) is 4.41. The molecule has 1 unspecified atom stereocenters. The lowest BCUT2D eigenvalue weighted by molar-refractivity contribution is -0.139. The number of urea groups is 1. The molecule has 0 spiro atoms. The highest BCUT2D eigenvalue weighted by atomic mass is 16.5. The molecule has 12 heavy (non-hydrogen) atoms. The van der Waals surface area contributed by atoms with Gasteiger partial charge in [-0.25, -0.2) is 4.79 Å². The quantitative estimate of drug-likeness (QED) is 0.546. The van der Waals surface area contributed by atoms with Crippen LogP contribution in [0.15, 0.2) is 0 Å². The topological polar surface area (TPSA) is 67.4 Å². The van der Waals surface area contributed by atoms with Crippen molar-refractivity contribution in [2.24, 2.45) is 0 Å². The maximum absolute atomic E-state index is 10.9. The Kier molecular flexibility index (Phi) is 2.06. The minimum Gasteiger partial charge on any atom is -0.344 e. The van der Waals surface area contributed by atoms with Crippen LogP contribution in [0.1, 0.15) is 20.8 Å². The van der Waals surface area contributed by atoms with Gasteiger partial charge >= 0.3 is 6.03 Å². The molecule has 68 valence electrons. The van der Waals surface area contributed by atoms with E-state index < -0.39 is 23.8 Å². The largest absolute Gasteiger partial charge is 0.344 e. The van der Waals surface area contributed by atoms with E-state index in [2.05, 4.69) is 10.6 Å². The van der Waals surface area contributed by atoms with Gasteiger partial charge in [0.2, 0.25) is 6.23 Å². The zero-order chi connectivity index (χ0) is 9.35. The van der Waals surface area contributed by atoms with Crippen molar-refractivity contribution in [3.8, 4) is 0 Å². The van der Waals surface area contributed by atoms with E-state index in [-0.39, 0.29) is 0 Å². The molecule has 2 N–H and O–H groups in total. The van der Waals surface area contributed by atoms with Crippen LogP contribution in [0.5, 0.6) is 0 Å². The lowest BCUT2D eigenvalue weighted by Crippen LogP contribution is -2.38. The minimum atomic E-state index is -0.850. The van der Waals surface area contributed by atoms with E-state index in [1.807, 2.05) is 20.8 Å². The Morgan fingerprint density at radius 1 is 1.33 bits per heavy atom. The number of hydrogen-bond acceptors (Lipinski definition) is 3. The molecule has 0 aromatic rings. The van der Waals surface area contributed by atoms with E-state index >= 15 is 0 Å². The Bertz CT molecular complexity index is 219. The molecular weight excluding hydrogens is 160 g/mol. The number of ether oxygens (including phenoxy) is 1. The highest BCUT2D eigenvalue weighted by molar-refractivity contribution is 6.03. The third kappa shape index (κ3) is 2.20. The molecule has 3 amide bonds. The van der Waals surface area contributed by atoms with E-state index in [0.717, 1.165) is 0 Å². The van der Waals surface area contributed by atoms with Crippen LogP contribution >= 0.6 is 0 Å². The Morgan fingerprint density at radius 2 is 1.92 bits per heavy atom. The smallest absolute Gasteiger partial charge is 0.323 e. The average molecular weight is 172 g/mol. The van der Waals surface area contributed by atoms with Crippen LogP contribution < -0.4 is 10.6 Å². The Balaban J connectivity index is 2.54. The molecule has 0 bridgehead atoms. The fourth-order valence-electron chi connectivity index (χ4n) is 0.835. The third-order valence-electron chi connectivity index (χ3n) is 1.21. The summed E-state index contributed by atoms with van der Waals surface area (Å²) in [7, 11) is 0. The average Bonchev–Trinajstić information content (AvgIpc) is 2.06. The van der Waals surface area contributed by atoms with Gasteiger partial charge in [-0.3, -0.25) is 10.1 Å². The second-order valence-corrected chi connectivity index (χ2v) is 3.57. The van der Waals surface area contributed by atoms with Gasteiger partial charge in [0.15, 0.2) is 0 Å². The first kappa shape index (κ1) is 8.99. The SMILES string of the molecule is CC(C)(C)OC1NC(=O)NC1=O.